The van der Waals surface area contributed by atoms with Gasteiger partial charge in [-0.25, -0.2) is 15.0 Å². The highest BCUT2D eigenvalue weighted by Crippen LogP contribution is 2.37. The monoisotopic (exact) mass is 504 g/mol. The van der Waals surface area contributed by atoms with Crippen molar-refractivity contribution in [1.82, 2.24) is 24.5 Å². The lowest BCUT2D eigenvalue weighted by molar-refractivity contribution is -0.141. The molecule has 4 heterocycles. The summed E-state index contributed by atoms with van der Waals surface area (Å²) in [5.74, 6) is 1.43. The Morgan fingerprint density at radius 3 is 2.56 bits per heavy atom. The zero-order valence-electron chi connectivity index (χ0n) is 20.2. The van der Waals surface area contributed by atoms with E-state index in [1.165, 1.54) is 12.1 Å². The second-order valence-electron chi connectivity index (χ2n) is 9.95. The first kappa shape index (κ1) is 24.7. The van der Waals surface area contributed by atoms with Gasteiger partial charge in [0.15, 0.2) is 5.65 Å². The van der Waals surface area contributed by atoms with Gasteiger partial charge in [-0.3, -0.25) is 4.57 Å². The summed E-state index contributed by atoms with van der Waals surface area (Å²) in [7, 11) is 0. The van der Waals surface area contributed by atoms with Gasteiger partial charge in [0.05, 0.1) is 6.20 Å². The summed E-state index contributed by atoms with van der Waals surface area (Å²) >= 11 is 0. The molecule has 0 radical (unpaired) electrons. The predicted octanol–water partition coefficient (Wildman–Crippen LogP) is 4.65. The Kier molecular flexibility index (Phi) is 6.73. The van der Waals surface area contributed by atoms with Crippen LogP contribution in [0.2, 0.25) is 0 Å². The van der Waals surface area contributed by atoms with Crippen LogP contribution >= 0.6 is 0 Å². The number of ether oxygens (including phenoxy) is 1. The Balaban J connectivity index is 1.51. The number of pyridine rings is 1. The molecule has 9 nitrogen and oxygen atoms in total. The molecular formula is C24H31F3N8O. The van der Waals surface area contributed by atoms with Crippen LogP contribution in [-0.4, -0.2) is 49.8 Å². The van der Waals surface area contributed by atoms with E-state index in [2.05, 4.69) is 32.5 Å². The largest absolute Gasteiger partial charge is 0.433 e. The number of fused-ring (bicyclic) bond motifs is 1. The number of alkyl halides is 3. The van der Waals surface area contributed by atoms with Crippen molar-refractivity contribution in [3.8, 4) is 0 Å². The van der Waals surface area contributed by atoms with E-state index in [9.17, 15) is 13.2 Å². The smallest absolute Gasteiger partial charge is 0.381 e. The van der Waals surface area contributed by atoms with E-state index in [0.29, 0.717) is 48.7 Å². The number of rotatable bonds is 6. The first-order valence-electron chi connectivity index (χ1n) is 12.4. The molecule has 0 spiro atoms. The van der Waals surface area contributed by atoms with E-state index < -0.39 is 11.9 Å². The Hall–Kier alpha value is -2.99. The third kappa shape index (κ3) is 5.24. The molecule has 5 rings (SSSR count). The van der Waals surface area contributed by atoms with E-state index in [-0.39, 0.29) is 17.4 Å². The molecule has 4 N–H and O–H groups in total. The molecule has 36 heavy (non-hydrogen) atoms. The van der Waals surface area contributed by atoms with E-state index in [4.69, 9.17) is 15.5 Å². The molecule has 0 atom stereocenters. The summed E-state index contributed by atoms with van der Waals surface area (Å²) in [6.07, 6.45) is 2.48. The standard InChI is InChI=1S/C24H31F3N8O/c1-23(9-11-36-12-10-23)34-21-29-14-17-20(33-21)35(16-7-5-15(13-28)6-8-16)22(30-17)32-19-4-2-3-18(31-19)24(25,26)27/h2-4,14-16H,5-13,28H2,1H3,(H,29,33,34)(H,30,31,32)/t15-,16-. The van der Waals surface area contributed by atoms with E-state index in [0.717, 1.165) is 44.6 Å². The van der Waals surface area contributed by atoms with E-state index >= 15 is 0 Å². The van der Waals surface area contributed by atoms with Crippen molar-refractivity contribution in [2.24, 2.45) is 11.7 Å². The van der Waals surface area contributed by atoms with Gasteiger partial charge in [-0.15, -0.1) is 0 Å². The van der Waals surface area contributed by atoms with Crippen LogP contribution in [0.15, 0.2) is 24.4 Å². The lowest BCUT2D eigenvalue weighted by Crippen LogP contribution is -2.41. The third-order valence-corrected chi connectivity index (χ3v) is 7.24. The topological polar surface area (TPSA) is 116 Å². The highest BCUT2D eigenvalue weighted by molar-refractivity contribution is 5.76. The Morgan fingerprint density at radius 1 is 1.11 bits per heavy atom. The molecule has 1 saturated carbocycles. The SMILES string of the molecule is CC1(Nc2ncc3nc(Nc4cccc(C(F)(F)F)n4)n([C@H]4CC[C@H](CN)CC4)c3n2)CCOCC1. The van der Waals surface area contributed by atoms with Gasteiger partial charge >= 0.3 is 6.18 Å². The lowest BCUT2D eigenvalue weighted by atomic mass is 9.86. The van der Waals surface area contributed by atoms with Crippen LogP contribution in [0.1, 0.15) is 57.2 Å². The maximum atomic E-state index is 13.2. The number of nitrogens with zero attached hydrogens (tertiary/aromatic N) is 5. The summed E-state index contributed by atoms with van der Waals surface area (Å²) in [4.78, 5) is 17.7. The summed E-state index contributed by atoms with van der Waals surface area (Å²) in [5.41, 5.74) is 5.94. The van der Waals surface area contributed by atoms with Crippen molar-refractivity contribution < 1.29 is 17.9 Å². The second kappa shape index (κ2) is 9.81. The number of imidazole rings is 1. The fourth-order valence-electron chi connectivity index (χ4n) is 5.02. The fraction of sp³-hybridized carbons (Fsp3) is 0.583. The molecule has 1 aliphatic heterocycles. The number of hydrogen-bond donors (Lipinski definition) is 3. The minimum atomic E-state index is -4.54. The third-order valence-electron chi connectivity index (χ3n) is 7.24. The van der Waals surface area contributed by atoms with Gasteiger partial charge in [-0.1, -0.05) is 6.07 Å². The molecule has 0 unspecified atom stereocenters. The summed E-state index contributed by atoms with van der Waals surface area (Å²) in [6, 6.07) is 3.85. The minimum absolute atomic E-state index is 0.0676. The van der Waals surface area contributed by atoms with Crippen LogP contribution in [0.5, 0.6) is 0 Å². The molecule has 194 valence electrons. The van der Waals surface area contributed by atoms with E-state index in [1.54, 1.807) is 6.20 Å². The highest BCUT2D eigenvalue weighted by atomic mass is 19.4. The molecule has 3 aromatic rings. The number of nitrogens with one attached hydrogen (secondary N) is 2. The molecule has 0 bridgehead atoms. The van der Waals surface area contributed by atoms with Crippen LogP contribution in [0.25, 0.3) is 11.2 Å². The molecular weight excluding hydrogens is 473 g/mol. The Morgan fingerprint density at radius 2 is 1.86 bits per heavy atom. The van der Waals surface area contributed by atoms with Crippen molar-refractivity contribution in [3.05, 3.63) is 30.1 Å². The van der Waals surface area contributed by atoms with Gasteiger partial charge in [-0.2, -0.15) is 18.2 Å². The van der Waals surface area contributed by atoms with Crippen LogP contribution < -0.4 is 16.4 Å². The number of anilines is 3. The van der Waals surface area contributed by atoms with Gasteiger partial charge in [0.25, 0.3) is 0 Å². The van der Waals surface area contributed by atoms with Gasteiger partial charge in [0, 0.05) is 24.8 Å². The molecule has 0 aromatic carbocycles. The normalized spacial score (nSPS) is 22.5. The molecule has 0 amide bonds. The van der Waals surface area contributed by atoms with Crippen molar-refractivity contribution in [2.75, 3.05) is 30.4 Å². The van der Waals surface area contributed by atoms with Crippen LogP contribution in [0.4, 0.5) is 30.9 Å². The summed E-state index contributed by atoms with van der Waals surface area (Å²) in [6.45, 7) is 4.12. The average Bonchev–Trinajstić information content (AvgIpc) is 3.21. The quantitative estimate of drug-likeness (QED) is 0.444. The zero-order valence-corrected chi connectivity index (χ0v) is 20.2. The first-order chi connectivity index (χ1) is 17.2. The summed E-state index contributed by atoms with van der Waals surface area (Å²) in [5, 5.41) is 6.48. The number of nitrogens with two attached hydrogens (primary N) is 1. The first-order valence-corrected chi connectivity index (χ1v) is 12.4. The lowest BCUT2D eigenvalue weighted by Gasteiger charge is -2.34. The van der Waals surface area contributed by atoms with Crippen LogP contribution in [0.3, 0.4) is 0 Å². The fourth-order valence-corrected chi connectivity index (χ4v) is 5.02. The Labute approximate surface area is 207 Å². The molecule has 3 aromatic heterocycles. The molecule has 12 heteroatoms. The van der Waals surface area contributed by atoms with Crippen molar-refractivity contribution in [3.63, 3.8) is 0 Å². The highest BCUT2D eigenvalue weighted by Gasteiger charge is 2.33. The maximum absolute atomic E-state index is 13.2. The van der Waals surface area contributed by atoms with Gasteiger partial charge < -0.3 is 21.1 Å². The van der Waals surface area contributed by atoms with Crippen LogP contribution in [0, 0.1) is 5.92 Å². The summed E-state index contributed by atoms with van der Waals surface area (Å²) < 4.78 is 47.2. The zero-order chi connectivity index (χ0) is 25.3. The predicted molar refractivity (Wildman–Crippen MR) is 130 cm³/mol. The minimum Gasteiger partial charge on any atom is -0.381 e. The van der Waals surface area contributed by atoms with Crippen molar-refractivity contribution >= 4 is 28.9 Å². The molecule has 1 aliphatic carbocycles. The number of aromatic nitrogens is 5. The molecule has 2 fully saturated rings. The van der Waals surface area contributed by atoms with Crippen molar-refractivity contribution in [1.29, 1.82) is 0 Å². The number of hydrogen-bond acceptors (Lipinski definition) is 8. The van der Waals surface area contributed by atoms with Gasteiger partial charge in [0.2, 0.25) is 11.9 Å². The number of halogens is 3. The van der Waals surface area contributed by atoms with Crippen LogP contribution in [-0.2, 0) is 10.9 Å². The van der Waals surface area contributed by atoms with Gasteiger partial charge in [-0.05, 0) is 70.0 Å². The molecule has 2 aliphatic rings. The molecule has 1 saturated heterocycles. The van der Waals surface area contributed by atoms with Crippen molar-refractivity contribution in [2.45, 2.75) is 63.2 Å². The Bertz CT molecular complexity index is 1200. The maximum Gasteiger partial charge on any atom is 0.433 e. The van der Waals surface area contributed by atoms with E-state index in [1.807, 2.05) is 4.57 Å². The second-order valence-corrected chi connectivity index (χ2v) is 9.95. The van der Waals surface area contributed by atoms with Gasteiger partial charge in [0.1, 0.15) is 17.0 Å². The average molecular weight is 505 g/mol.